The molecule has 1 N–H and O–H groups in total. The molecule has 0 fully saturated rings. The fourth-order valence-electron chi connectivity index (χ4n) is 0.937. The second-order valence-electron chi connectivity index (χ2n) is 3.17. The average molecular weight is 193 g/mol. The molecule has 3 nitrogen and oxygen atoms in total. The van der Waals surface area contributed by atoms with E-state index in [-0.39, 0.29) is 11.9 Å². The zero-order valence-corrected chi connectivity index (χ0v) is 8.49. The topological polar surface area (TPSA) is 42.2 Å². The van der Waals surface area contributed by atoms with E-state index in [1.807, 2.05) is 13.8 Å². The zero-order valence-electron chi connectivity index (χ0n) is 8.49. The fraction of sp³-hybridized carbons (Fsp3) is 0.364. The van der Waals surface area contributed by atoms with Crippen molar-refractivity contribution in [3.05, 3.63) is 30.2 Å². The van der Waals surface area contributed by atoms with Crippen LogP contribution in [-0.4, -0.2) is 11.9 Å². The van der Waals surface area contributed by atoms with E-state index in [2.05, 4.69) is 5.32 Å². The molecule has 1 atom stereocenters. The van der Waals surface area contributed by atoms with Crippen molar-refractivity contribution in [2.75, 3.05) is 0 Å². The van der Waals surface area contributed by atoms with Crippen LogP contribution in [-0.2, 0) is 4.79 Å². The first-order valence-electron chi connectivity index (χ1n) is 4.74. The third kappa shape index (κ3) is 3.47. The van der Waals surface area contributed by atoms with E-state index >= 15 is 0 Å². The molecule has 0 spiro atoms. The summed E-state index contributed by atoms with van der Waals surface area (Å²) in [6, 6.07) is 3.79. The number of carbonyl (C=O) groups excluding carboxylic acids is 1. The Morgan fingerprint density at radius 3 is 3.07 bits per heavy atom. The van der Waals surface area contributed by atoms with Gasteiger partial charge in [0.1, 0.15) is 5.76 Å². The summed E-state index contributed by atoms with van der Waals surface area (Å²) in [5.74, 6) is 0.597. The first-order chi connectivity index (χ1) is 6.72. The van der Waals surface area contributed by atoms with Crippen molar-refractivity contribution in [3.63, 3.8) is 0 Å². The summed E-state index contributed by atoms with van der Waals surface area (Å²) in [5.41, 5.74) is 0. The van der Waals surface area contributed by atoms with Gasteiger partial charge in [0.2, 0.25) is 5.91 Å². The Morgan fingerprint density at radius 1 is 1.71 bits per heavy atom. The van der Waals surface area contributed by atoms with Gasteiger partial charge in [-0.2, -0.15) is 0 Å². The molecule has 1 rings (SSSR count). The van der Waals surface area contributed by atoms with Gasteiger partial charge in [-0.05, 0) is 31.6 Å². The van der Waals surface area contributed by atoms with E-state index < -0.39 is 0 Å². The normalized spacial score (nSPS) is 13.0. The molecule has 0 unspecified atom stereocenters. The lowest BCUT2D eigenvalue weighted by molar-refractivity contribution is -0.117. The number of furan rings is 1. The molecular formula is C11H15NO2. The molecule has 0 saturated heterocycles. The Hall–Kier alpha value is -1.51. The van der Waals surface area contributed by atoms with Crippen molar-refractivity contribution in [2.24, 2.45) is 0 Å². The summed E-state index contributed by atoms with van der Waals surface area (Å²) in [7, 11) is 0. The van der Waals surface area contributed by atoms with E-state index in [9.17, 15) is 4.79 Å². The maximum atomic E-state index is 11.3. The predicted molar refractivity (Wildman–Crippen MR) is 55.6 cm³/mol. The van der Waals surface area contributed by atoms with Gasteiger partial charge in [-0.15, -0.1) is 0 Å². The smallest absolute Gasteiger partial charge is 0.244 e. The van der Waals surface area contributed by atoms with Crippen LogP contribution in [0.5, 0.6) is 0 Å². The van der Waals surface area contributed by atoms with Crippen LogP contribution in [0.1, 0.15) is 26.0 Å². The summed E-state index contributed by atoms with van der Waals surface area (Å²) in [4.78, 5) is 11.3. The Balaban J connectivity index is 2.41. The number of amides is 1. The van der Waals surface area contributed by atoms with Crippen LogP contribution >= 0.6 is 0 Å². The minimum Gasteiger partial charge on any atom is -0.465 e. The number of hydrogen-bond donors (Lipinski definition) is 1. The van der Waals surface area contributed by atoms with E-state index in [0.717, 1.165) is 6.42 Å². The number of hydrogen-bond acceptors (Lipinski definition) is 2. The van der Waals surface area contributed by atoms with Gasteiger partial charge in [0.25, 0.3) is 0 Å². The highest BCUT2D eigenvalue weighted by Crippen LogP contribution is 2.01. The van der Waals surface area contributed by atoms with E-state index in [1.54, 1.807) is 24.5 Å². The van der Waals surface area contributed by atoms with Gasteiger partial charge in [-0.25, -0.2) is 0 Å². The van der Waals surface area contributed by atoms with Gasteiger partial charge >= 0.3 is 0 Å². The molecular weight excluding hydrogens is 178 g/mol. The molecule has 0 aliphatic rings. The maximum Gasteiger partial charge on any atom is 0.244 e. The second kappa shape index (κ2) is 5.27. The maximum absolute atomic E-state index is 11.3. The number of rotatable bonds is 4. The van der Waals surface area contributed by atoms with E-state index in [4.69, 9.17) is 4.42 Å². The van der Waals surface area contributed by atoms with Crippen LogP contribution < -0.4 is 5.32 Å². The first kappa shape index (κ1) is 10.6. The molecule has 76 valence electrons. The van der Waals surface area contributed by atoms with Gasteiger partial charge in [-0.1, -0.05) is 6.92 Å². The Morgan fingerprint density at radius 2 is 2.50 bits per heavy atom. The predicted octanol–water partition coefficient (Wildman–Crippen LogP) is 2.21. The van der Waals surface area contributed by atoms with Gasteiger partial charge in [-0.3, -0.25) is 4.79 Å². The lowest BCUT2D eigenvalue weighted by Crippen LogP contribution is -2.30. The lowest BCUT2D eigenvalue weighted by atomic mass is 10.2. The molecule has 0 radical (unpaired) electrons. The largest absolute Gasteiger partial charge is 0.465 e. The van der Waals surface area contributed by atoms with Crippen LogP contribution in [0, 0.1) is 0 Å². The molecule has 0 aliphatic heterocycles. The molecule has 1 amide bonds. The molecule has 14 heavy (non-hydrogen) atoms. The van der Waals surface area contributed by atoms with Crippen LogP contribution in [0.15, 0.2) is 28.9 Å². The highest BCUT2D eigenvalue weighted by Gasteiger charge is 2.00. The van der Waals surface area contributed by atoms with Crippen LogP contribution in [0.2, 0.25) is 0 Å². The summed E-state index contributed by atoms with van der Waals surface area (Å²) in [5, 5.41) is 2.82. The average Bonchev–Trinajstić information content (AvgIpc) is 2.67. The van der Waals surface area contributed by atoms with E-state index in [1.165, 1.54) is 6.08 Å². The molecule has 0 aromatic carbocycles. The molecule has 3 heteroatoms. The van der Waals surface area contributed by atoms with Gasteiger partial charge in [0.15, 0.2) is 0 Å². The molecule has 0 aliphatic carbocycles. The zero-order chi connectivity index (χ0) is 10.4. The van der Waals surface area contributed by atoms with Crippen molar-refractivity contribution < 1.29 is 9.21 Å². The summed E-state index contributed by atoms with van der Waals surface area (Å²) in [6.45, 7) is 4.00. The molecule has 1 aromatic rings. The number of carbonyl (C=O) groups is 1. The molecule has 1 heterocycles. The van der Waals surface area contributed by atoms with Crippen molar-refractivity contribution in [2.45, 2.75) is 26.3 Å². The van der Waals surface area contributed by atoms with Crippen molar-refractivity contribution in [3.8, 4) is 0 Å². The van der Waals surface area contributed by atoms with Crippen molar-refractivity contribution in [1.82, 2.24) is 5.32 Å². The molecule has 1 aromatic heterocycles. The van der Waals surface area contributed by atoms with Crippen molar-refractivity contribution >= 4 is 12.0 Å². The quantitative estimate of drug-likeness (QED) is 0.745. The Kier molecular flexibility index (Phi) is 3.98. The van der Waals surface area contributed by atoms with Gasteiger partial charge in [0.05, 0.1) is 6.26 Å². The van der Waals surface area contributed by atoms with Crippen molar-refractivity contribution in [1.29, 1.82) is 0 Å². The molecule has 0 saturated carbocycles. The Labute approximate surface area is 83.8 Å². The minimum atomic E-state index is -0.0873. The van der Waals surface area contributed by atoms with Crippen LogP contribution in [0.4, 0.5) is 0 Å². The standard InChI is InChI=1S/C11H15NO2/c1-3-9(2)12-11(13)7-6-10-5-4-8-14-10/h4-9H,3H2,1-2H3,(H,12,13)/b7-6+/t9-/m0/s1. The summed E-state index contributed by atoms with van der Waals surface area (Å²) < 4.78 is 5.05. The first-order valence-corrected chi connectivity index (χ1v) is 4.74. The minimum absolute atomic E-state index is 0.0873. The van der Waals surface area contributed by atoms with Gasteiger partial charge in [0, 0.05) is 12.1 Å². The Bertz CT molecular complexity index is 301. The van der Waals surface area contributed by atoms with Gasteiger partial charge < -0.3 is 9.73 Å². The lowest BCUT2D eigenvalue weighted by Gasteiger charge is -2.07. The third-order valence-corrected chi connectivity index (χ3v) is 1.94. The highest BCUT2D eigenvalue weighted by atomic mass is 16.3. The van der Waals surface area contributed by atoms with E-state index in [0.29, 0.717) is 5.76 Å². The monoisotopic (exact) mass is 193 g/mol. The van der Waals surface area contributed by atoms with Crippen LogP contribution in [0.3, 0.4) is 0 Å². The molecule has 0 bridgehead atoms. The number of nitrogens with one attached hydrogen (secondary N) is 1. The second-order valence-corrected chi connectivity index (χ2v) is 3.17. The summed E-state index contributed by atoms with van der Waals surface area (Å²) in [6.07, 6.45) is 5.63. The highest BCUT2D eigenvalue weighted by molar-refractivity contribution is 5.91. The third-order valence-electron chi connectivity index (χ3n) is 1.94. The SMILES string of the molecule is CC[C@H](C)NC(=O)/C=C/c1ccco1. The van der Waals surface area contributed by atoms with Crippen LogP contribution in [0.25, 0.3) is 6.08 Å². The summed E-state index contributed by atoms with van der Waals surface area (Å²) >= 11 is 0. The fourth-order valence-corrected chi connectivity index (χ4v) is 0.937.